The number of hydrogen-bond donors (Lipinski definition) is 2. The highest BCUT2D eigenvalue weighted by Crippen LogP contribution is 2.28. The van der Waals surface area contributed by atoms with Gasteiger partial charge >= 0.3 is 0 Å². The maximum atomic E-state index is 13.3. The van der Waals surface area contributed by atoms with Crippen LogP contribution in [0.4, 0.5) is 16.0 Å². The molecule has 4 aromatic rings. The second-order valence-electron chi connectivity index (χ2n) is 7.67. The summed E-state index contributed by atoms with van der Waals surface area (Å²) in [4.78, 5) is 20.7. The van der Waals surface area contributed by atoms with E-state index in [1.165, 1.54) is 48.8 Å². The van der Waals surface area contributed by atoms with E-state index in [0.717, 1.165) is 30.5 Å². The lowest BCUT2D eigenvalue weighted by Gasteiger charge is -2.08. The van der Waals surface area contributed by atoms with Crippen LogP contribution >= 0.6 is 0 Å². The van der Waals surface area contributed by atoms with Gasteiger partial charge in [-0.1, -0.05) is 0 Å². The minimum Gasteiger partial charge on any atom is -0.321 e. The largest absolute Gasteiger partial charge is 0.321 e. The molecule has 2 aromatic carbocycles. The van der Waals surface area contributed by atoms with Crippen molar-refractivity contribution in [2.45, 2.75) is 24.2 Å². The average molecular weight is 479 g/mol. The van der Waals surface area contributed by atoms with Gasteiger partial charge in [-0.05, 0) is 73.9 Å². The van der Waals surface area contributed by atoms with Crippen molar-refractivity contribution in [2.24, 2.45) is 0 Å². The highest BCUT2D eigenvalue weighted by atomic mass is 32.2. The molecule has 0 fully saturated rings. The fourth-order valence-corrected chi connectivity index (χ4v) is 4.81. The molecule has 1 aliphatic rings. The number of hydrogen-bond acceptors (Lipinski definition) is 6. The molecule has 1 aliphatic carbocycles. The summed E-state index contributed by atoms with van der Waals surface area (Å²) in [6.45, 7) is 0. The Hall–Kier alpha value is -4.12. The third-order valence-electron chi connectivity index (χ3n) is 5.43. The molecule has 0 saturated heterocycles. The summed E-state index contributed by atoms with van der Waals surface area (Å²) >= 11 is 0. The van der Waals surface area contributed by atoms with Gasteiger partial charge < -0.3 is 5.32 Å². The van der Waals surface area contributed by atoms with Gasteiger partial charge in [0, 0.05) is 29.3 Å². The van der Waals surface area contributed by atoms with E-state index in [1.807, 2.05) is 0 Å². The van der Waals surface area contributed by atoms with Crippen LogP contribution in [0.15, 0.2) is 71.9 Å². The van der Waals surface area contributed by atoms with Crippen molar-refractivity contribution in [3.05, 3.63) is 89.8 Å². The highest BCUT2D eigenvalue weighted by Gasteiger charge is 2.27. The Morgan fingerprint density at radius 1 is 0.971 bits per heavy atom. The van der Waals surface area contributed by atoms with Crippen molar-refractivity contribution in [1.82, 2.24) is 19.7 Å². The molecule has 1 amide bonds. The minimum atomic E-state index is -3.88. The molecule has 0 radical (unpaired) electrons. The average Bonchev–Trinajstić information content (AvgIpc) is 3.43. The molecule has 5 rings (SSSR count). The molecule has 0 bridgehead atoms. The number of anilines is 2. The number of nitrogens with one attached hydrogen (secondary N) is 2. The van der Waals surface area contributed by atoms with Crippen LogP contribution in [-0.4, -0.2) is 34.1 Å². The summed E-state index contributed by atoms with van der Waals surface area (Å²) in [6, 6.07) is 13.3. The smallest absolute Gasteiger partial charge is 0.276 e. The summed E-state index contributed by atoms with van der Waals surface area (Å²) in [5.74, 6) is -0.779. The first-order valence-corrected chi connectivity index (χ1v) is 12.0. The maximum Gasteiger partial charge on any atom is 0.276 e. The van der Waals surface area contributed by atoms with Crippen LogP contribution in [-0.2, 0) is 22.9 Å². The molecule has 9 nitrogen and oxygen atoms in total. The summed E-state index contributed by atoms with van der Waals surface area (Å²) in [5.41, 5.74) is 3.21. The van der Waals surface area contributed by atoms with Crippen LogP contribution in [0, 0.1) is 5.82 Å². The zero-order valence-corrected chi connectivity index (χ0v) is 18.6. The number of benzene rings is 2. The lowest BCUT2D eigenvalue weighted by Crippen LogP contribution is -2.16. The Kier molecular flexibility index (Phi) is 5.54. The Labute approximate surface area is 194 Å². The van der Waals surface area contributed by atoms with Gasteiger partial charge in [0.15, 0.2) is 5.69 Å². The zero-order chi connectivity index (χ0) is 23.7. The molecule has 0 spiro atoms. The summed E-state index contributed by atoms with van der Waals surface area (Å²) in [6.07, 6.45) is 5.26. The Balaban J connectivity index is 1.35. The highest BCUT2D eigenvalue weighted by molar-refractivity contribution is 7.92. The van der Waals surface area contributed by atoms with Crippen LogP contribution in [0.25, 0.3) is 5.69 Å². The number of carbonyl (C=O) groups is 1. The van der Waals surface area contributed by atoms with Crippen LogP contribution in [0.2, 0.25) is 0 Å². The van der Waals surface area contributed by atoms with Gasteiger partial charge in [0.25, 0.3) is 15.9 Å². The molecule has 0 unspecified atom stereocenters. The number of nitrogens with zero attached hydrogens (tertiary/aromatic N) is 4. The monoisotopic (exact) mass is 478 g/mol. The van der Waals surface area contributed by atoms with Gasteiger partial charge in [0.1, 0.15) is 5.82 Å². The lowest BCUT2D eigenvalue weighted by molar-refractivity contribution is 0.102. The van der Waals surface area contributed by atoms with Crippen LogP contribution < -0.4 is 10.0 Å². The molecular weight excluding hydrogens is 459 g/mol. The number of aromatic nitrogens is 4. The first-order chi connectivity index (χ1) is 16.4. The van der Waals surface area contributed by atoms with Gasteiger partial charge in [0.05, 0.1) is 10.6 Å². The molecule has 2 N–H and O–H groups in total. The molecule has 2 aromatic heterocycles. The number of sulfonamides is 1. The van der Waals surface area contributed by atoms with Crippen molar-refractivity contribution in [1.29, 1.82) is 0 Å². The molecule has 172 valence electrons. The Morgan fingerprint density at radius 3 is 2.38 bits per heavy atom. The maximum absolute atomic E-state index is 13.3. The van der Waals surface area contributed by atoms with Crippen molar-refractivity contribution < 1.29 is 17.6 Å². The van der Waals surface area contributed by atoms with Gasteiger partial charge in [0.2, 0.25) is 5.95 Å². The fraction of sp³-hybridized carbons (Fsp3) is 0.130. The van der Waals surface area contributed by atoms with Gasteiger partial charge in [-0.3, -0.25) is 4.79 Å². The molecule has 2 heterocycles. The van der Waals surface area contributed by atoms with E-state index in [1.54, 1.807) is 22.9 Å². The number of amides is 1. The lowest BCUT2D eigenvalue weighted by atomic mass is 10.2. The third-order valence-corrected chi connectivity index (χ3v) is 6.77. The van der Waals surface area contributed by atoms with E-state index < -0.39 is 15.9 Å². The molecule has 0 saturated carbocycles. The molecule has 0 atom stereocenters. The Bertz CT molecular complexity index is 1450. The summed E-state index contributed by atoms with van der Waals surface area (Å²) in [7, 11) is -3.88. The Morgan fingerprint density at radius 2 is 1.68 bits per heavy atom. The minimum absolute atomic E-state index is 0.000526. The van der Waals surface area contributed by atoms with E-state index in [4.69, 9.17) is 0 Å². The SMILES string of the molecule is O=C(Nc1ccc(S(=O)(=O)Nc2ncccn2)cc1)c1nn(-c2ccc(F)cc2)c2c1CCC2. The number of rotatable bonds is 6. The predicted octanol–water partition coefficient (Wildman–Crippen LogP) is 3.34. The standard InChI is InChI=1S/C23H19FN6O3S/c24-15-5-9-17(10-6-15)30-20-4-1-3-19(20)21(28-30)22(31)27-16-7-11-18(12-8-16)34(32,33)29-23-25-13-2-14-26-23/h2,5-14H,1,3-4H2,(H,27,31)(H,25,26,29). The van der Waals surface area contributed by atoms with Gasteiger partial charge in [-0.15, -0.1) is 0 Å². The van der Waals surface area contributed by atoms with Crippen molar-refractivity contribution >= 4 is 27.6 Å². The topological polar surface area (TPSA) is 119 Å². The third kappa shape index (κ3) is 4.25. The molecule has 0 aliphatic heterocycles. The van der Waals surface area contributed by atoms with Crippen molar-refractivity contribution in [3.8, 4) is 5.69 Å². The van der Waals surface area contributed by atoms with Crippen molar-refractivity contribution in [3.63, 3.8) is 0 Å². The first kappa shape index (κ1) is 21.7. The van der Waals surface area contributed by atoms with Gasteiger partial charge in [-0.2, -0.15) is 5.10 Å². The summed E-state index contributed by atoms with van der Waals surface area (Å²) in [5, 5.41) is 7.27. The van der Waals surface area contributed by atoms with Crippen LogP contribution in [0.1, 0.15) is 28.2 Å². The quantitative estimate of drug-likeness (QED) is 0.439. The predicted molar refractivity (Wildman–Crippen MR) is 123 cm³/mol. The van der Waals surface area contributed by atoms with E-state index >= 15 is 0 Å². The van der Waals surface area contributed by atoms with Crippen molar-refractivity contribution in [2.75, 3.05) is 10.0 Å². The second-order valence-corrected chi connectivity index (χ2v) is 9.35. The van der Waals surface area contributed by atoms with Crippen LogP contribution in [0.5, 0.6) is 0 Å². The van der Waals surface area contributed by atoms with Gasteiger partial charge in [-0.25, -0.2) is 32.2 Å². The number of halogens is 1. The second kappa shape index (κ2) is 8.67. The van der Waals surface area contributed by atoms with E-state index in [0.29, 0.717) is 17.1 Å². The number of carbonyl (C=O) groups excluding carboxylic acids is 1. The van der Waals surface area contributed by atoms with E-state index in [2.05, 4.69) is 25.1 Å². The van der Waals surface area contributed by atoms with Crippen LogP contribution in [0.3, 0.4) is 0 Å². The first-order valence-electron chi connectivity index (χ1n) is 10.5. The van der Waals surface area contributed by atoms with E-state index in [-0.39, 0.29) is 16.7 Å². The molecule has 34 heavy (non-hydrogen) atoms. The number of fused-ring (bicyclic) bond motifs is 1. The summed E-state index contributed by atoms with van der Waals surface area (Å²) < 4.78 is 42.4. The normalized spacial score (nSPS) is 12.9. The molecule has 11 heteroatoms. The zero-order valence-electron chi connectivity index (χ0n) is 17.8. The fourth-order valence-electron chi connectivity index (χ4n) is 3.85. The molecular formula is C23H19FN6O3S. The van der Waals surface area contributed by atoms with E-state index in [9.17, 15) is 17.6 Å².